The van der Waals surface area contributed by atoms with Crippen LogP contribution in [0.3, 0.4) is 0 Å². The Morgan fingerprint density at radius 1 is 1.06 bits per heavy atom. The molecule has 3 aliphatic carbocycles. The van der Waals surface area contributed by atoms with Crippen LogP contribution in [0.1, 0.15) is 56.1 Å². The molecule has 2 saturated carbocycles. The van der Waals surface area contributed by atoms with Crippen molar-refractivity contribution in [2.75, 3.05) is 6.61 Å². The topological polar surface area (TPSA) is 120 Å². The van der Waals surface area contributed by atoms with E-state index in [9.17, 15) is 25.5 Å². The molecule has 7 heteroatoms. The summed E-state index contributed by atoms with van der Waals surface area (Å²) in [6, 6.07) is 5.81. The molecule has 0 amide bonds. The summed E-state index contributed by atoms with van der Waals surface area (Å²) in [5, 5.41) is 49.9. The maximum atomic E-state index is 10.4. The van der Waals surface area contributed by atoms with Crippen LogP contribution in [-0.2, 0) is 15.9 Å². The van der Waals surface area contributed by atoms with Crippen LogP contribution in [0, 0.1) is 17.3 Å². The molecule has 0 bridgehead atoms. The van der Waals surface area contributed by atoms with Gasteiger partial charge in [0.1, 0.15) is 30.2 Å². The van der Waals surface area contributed by atoms with Gasteiger partial charge < -0.3 is 35.0 Å². The number of benzene rings is 1. The van der Waals surface area contributed by atoms with Gasteiger partial charge in [0.05, 0.1) is 12.7 Å². The summed E-state index contributed by atoms with van der Waals surface area (Å²) < 4.78 is 11.9. The largest absolute Gasteiger partial charge is 0.508 e. The van der Waals surface area contributed by atoms with E-state index in [2.05, 4.69) is 13.0 Å². The maximum Gasteiger partial charge on any atom is 0.186 e. The maximum absolute atomic E-state index is 10.4. The highest BCUT2D eigenvalue weighted by atomic mass is 16.7. The van der Waals surface area contributed by atoms with Crippen molar-refractivity contribution in [3.63, 3.8) is 0 Å². The third-order valence-electron chi connectivity index (χ3n) is 8.77. The molecule has 1 aromatic carbocycles. The minimum Gasteiger partial charge on any atom is -0.508 e. The Hall–Kier alpha value is -1.22. The van der Waals surface area contributed by atoms with Gasteiger partial charge in [-0.1, -0.05) is 13.0 Å². The van der Waals surface area contributed by atoms with Crippen LogP contribution in [-0.4, -0.2) is 68.9 Å². The lowest BCUT2D eigenvalue weighted by Crippen LogP contribution is -2.60. The Balaban J connectivity index is 1.33. The fourth-order valence-corrected chi connectivity index (χ4v) is 7.09. The number of aliphatic hydroxyl groups excluding tert-OH is 4. The first-order valence-electron chi connectivity index (χ1n) is 11.6. The summed E-state index contributed by atoms with van der Waals surface area (Å²) in [7, 11) is 0. The molecule has 0 aromatic heterocycles. The number of phenols is 1. The molecule has 10 atom stereocenters. The van der Waals surface area contributed by atoms with Gasteiger partial charge in [0.25, 0.3) is 0 Å². The highest BCUT2D eigenvalue weighted by Gasteiger charge is 2.57. The molecule has 5 N–H and O–H groups in total. The van der Waals surface area contributed by atoms with Crippen LogP contribution in [0.25, 0.3) is 0 Å². The number of aliphatic hydroxyl groups is 4. The standard InChI is InChI=1S/C24H34O7/c1-24-9-8-15-14-5-3-13(26)10-12(14)2-4-16(15)17(24)6-7-19(24)31-23-22(29)21(28)20(27)18(11-25)30-23/h3,5,10,15-23,25-29H,2,4,6-9,11H2,1H3/t15-,16-,17+,18+,19+,20-,21-,22-,23+,24+/m1/s1. The molecule has 7 nitrogen and oxygen atoms in total. The van der Waals surface area contributed by atoms with Crippen molar-refractivity contribution in [3.05, 3.63) is 29.3 Å². The molecule has 0 radical (unpaired) electrons. The van der Waals surface area contributed by atoms with E-state index in [1.165, 1.54) is 11.1 Å². The zero-order valence-corrected chi connectivity index (χ0v) is 17.9. The van der Waals surface area contributed by atoms with E-state index in [1.807, 2.05) is 6.07 Å². The van der Waals surface area contributed by atoms with Crippen molar-refractivity contribution in [2.45, 2.75) is 88.2 Å². The summed E-state index contributed by atoms with van der Waals surface area (Å²) in [4.78, 5) is 0. The minimum absolute atomic E-state index is 0.0472. The molecule has 1 aliphatic heterocycles. The van der Waals surface area contributed by atoms with E-state index in [0.717, 1.165) is 38.5 Å². The molecule has 0 spiro atoms. The van der Waals surface area contributed by atoms with Gasteiger partial charge in [-0.05, 0) is 85.0 Å². The fraction of sp³-hybridized carbons (Fsp3) is 0.750. The van der Waals surface area contributed by atoms with Crippen molar-refractivity contribution in [1.82, 2.24) is 0 Å². The van der Waals surface area contributed by atoms with Crippen LogP contribution in [0.5, 0.6) is 5.75 Å². The molecular formula is C24H34O7. The van der Waals surface area contributed by atoms with Crippen LogP contribution < -0.4 is 0 Å². The monoisotopic (exact) mass is 434 g/mol. The smallest absolute Gasteiger partial charge is 0.186 e. The number of phenolic OH excluding ortho intramolecular Hbond substituents is 1. The molecule has 5 rings (SSSR count). The number of hydrogen-bond donors (Lipinski definition) is 5. The third kappa shape index (κ3) is 3.41. The number of fused-ring (bicyclic) bond motifs is 5. The van der Waals surface area contributed by atoms with Gasteiger partial charge in [0.2, 0.25) is 0 Å². The van der Waals surface area contributed by atoms with E-state index in [-0.39, 0.29) is 11.5 Å². The normalized spacial score (nSPS) is 46.8. The number of ether oxygens (including phenoxy) is 2. The summed E-state index contributed by atoms with van der Waals surface area (Å²) in [5.74, 6) is 1.92. The Morgan fingerprint density at radius 2 is 1.87 bits per heavy atom. The molecular weight excluding hydrogens is 400 g/mol. The first-order chi connectivity index (χ1) is 14.8. The van der Waals surface area contributed by atoms with Gasteiger partial charge in [0, 0.05) is 0 Å². The number of rotatable bonds is 3. The SMILES string of the molecule is C[C@]12CC[C@@H]3c4ccc(O)cc4CC[C@H]3[C@@H]1CC[C@@H]2O[C@@H]1O[C@@H](CO)[C@@H](O)[C@@H](O)[C@H]1O. The van der Waals surface area contributed by atoms with Crippen molar-refractivity contribution in [2.24, 2.45) is 17.3 Å². The van der Waals surface area contributed by atoms with Crippen molar-refractivity contribution in [3.8, 4) is 5.75 Å². The quantitative estimate of drug-likeness (QED) is 0.488. The van der Waals surface area contributed by atoms with Crippen molar-refractivity contribution >= 4 is 0 Å². The molecule has 1 heterocycles. The van der Waals surface area contributed by atoms with Gasteiger partial charge in [0.15, 0.2) is 6.29 Å². The fourth-order valence-electron chi connectivity index (χ4n) is 7.09. The Labute approximate surface area is 182 Å². The molecule has 0 unspecified atom stereocenters. The van der Waals surface area contributed by atoms with Gasteiger partial charge in [-0.15, -0.1) is 0 Å². The second kappa shape index (κ2) is 7.97. The summed E-state index contributed by atoms with van der Waals surface area (Å²) >= 11 is 0. The average Bonchev–Trinajstić information content (AvgIpc) is 3.09. The number of aryl methyl sites for hydroxylation is 1. The second-order valence-corrected chi connectivity index (χ2v) is 10.2. The molecule has 1 aromatic rings. The van der Waals surface area contributed by atoms with Gasteiger partial charge >= 0.3 is 0 Å². The van der Waals surface area contributed by atoms with E-state index >= 15 is 0 Å². The number of aromatic hydroxyl groups is 1. The van der Waals surface area contributed by atoms with E-state index in [0.29, 0.717) is 23.5 Å². The zero-order chi connectivity index (χ0) is 21.9. The Kier molecular flexibility index (Phi) is 5.56. The van der Waals surface area contributed by atoms with Gasteiger partial charge in [-0.3, -0.25) is 0 Å². The molecule has 1 saturated heterocycles. The highest BCUT2D eigenvalue weighted by molar-refractivity contribution is 5.40. The van der Waals surface area contributed by atoms with Crippen molar-refractivity contribution in [1.29, 1.82) is 0 Å². The molecule has 31 heavy (non-hydrogen) atoms. The first-order valence-corrected chi connectivity index (χ1v) is 11.6. The third-order valence-corrected chi connectivity index (χ3v) is 8.77. The summed E-state index contributed by atoms with van der Waals surface area (Å²) in [6.07, 6.45) is -0.206. The lowest BCUT2D eigenvalue weighted by atomic mass is 9.55. The number of hydrogen-bond acceptors (Lipinski definition) is 7. The predicted octanol–water partition coefficient (Wildman–Crippen LogP) is 1.43. The molecule has 172 valence electrons. The lowest BCUT2D eigenvalue weighted by molar-refractivity contribution is -0.319. The summed E-state index contributed by atoms with van der Waals surface area (Å²) in [6.45, 7) is 1.83. The second-order valence-electron chi connectivity index (χ2n) is 10.2. The summed E-state index contributed by atoms with van der Waals surface area (Å²) in [5.41, 5.74) is 2.61. The minimum atomic E-state index is -1.41. The van der Waals surface area contributed by atoms with E-state index in [4.69, 9.17) is 9.47 Å². The van der Waals surface area contributed by atoms with Crippen LogP contribution in [0.4, 0.5) is 0 Å². The van der Waals surface area contributed by atoms with Crippen molar-refractivity contribution < 1.29 is 35.0 Å². The zero-order valence-electron chi connectivity index (χ0n) is 17.9. The first kappa shape index (κ1) is 21.6. The van der Waals surface area contributed by atoms with E-state index in [1.54, 1.807) is 6.07 Å². The van der Waals surface area contributed by atoms with Crippen LogP contribution in [0.15, 0.2) is 18.2 Å². The predicted molar refractivity (Wildman–Crippen MR) is 111 cm³/mol. The molecule has 3 fully saturated rings. The highest BCUT2D eigenvalue weighted by Crippen LogP contribution is 2.61. The average molecular weight is 435 g/mol. The van der Waals surface area contributed by atoms with Gasteiger partial charge in [-0.2, -0.15) is 0 Å². The lowest BCUT2D eigenvalue weighted by Gasteiger charge is -2.51. The van der Waals surface area contributed by atoms with Crippen LogP contribution in [0.2, 0.25) is 0 Å². The Morgan fingerprint density at radius 3 is 2.65 bits per heavy atom. The molecule has 4 aliphatic rings. The van der Waals surface area contributed by atoms with E-state index < -0.39 is 37.3 Å². The van der Waals surface area contributed by atoms with Crippen LogP contribution >= 0.6 is 0 Å². The van der Waals surface area contributed by atoms with Gasteiger partial charge in [-0.25, -0.2) is 0 Å². The Bertz CT molecular complexity index is 813.